The number of hydrogen-bond donors (Lipinski definition) is 1. The largest absolute Gasteiger partial charge is 0.349 e. The smallest absolute Gasteiger partial charge is 0.254 e. The number of carbonyl (C=O) groups excluding carboxylic acids is 1. The zero-order chi connectivity index (χ0) is 16.1. The monoisotopic (exact) mass is 300 g/mol. The van der Waals surface area contributed by atoms with E-state index < -0.39 is 0 Å². The van der Waals surface area contributed by atoms with E-state index in [0.717, 1.165) is 5.69 Å². The van der Waals surface area contributed by atoms with Crippen molar-refractivity contribution in [2.24, 2.45) is 0 Å². The van der Waals surface area contributed by atoms with Crippen LogP contribution in [-0.4, -0.2) is 46.0 Å². The Morgan fingerprint density at radius 2 is 2.05 bits per heavy atom. The van der Waals surface area contributed by atoms with Gasteiger partial charge >= 0.3 is 0 Å². The van der Waals surface area contributed by atoms with Crippen LogP contribution in [-0.2, 0) is 6.42 Å². The van der Waals surface area contributed by atoms with Gasteiger partial charge in [0.2, 0.25) is 5.95 Å². The first kappa shape index (κ1) is 15.8. The number of amides is 1. The number of hydrogen-bond acceptors (Lipinski definition) is 6. The molecule has 7 heteroatoms. The van der Waals surface area contributed by atoms with E-state index in [1.165, 1.54) is 0 Å². The van der Waals surface area contributed by atoms with Crippen LogP contribution in [0.3, 0.4) is 0 Å². The molecule has 2 aromatic rings. The zero-order valence-corrected chi connectivity index (χ0v) is 13.2. The number of nitrogens with zero attached hydrogens (tertiary/aromatic N) is 5. The SMILES string of the molecule is Cc1nc(N(C)C)ncc1C(=O)N[C@@H](C)Cc1cnccn1. The molecule has 0 radical (unpaired) electrons. The molecule has 0 fully saturated rings. The topological polar surface area (TPSA) is 83.9 Å². The summed E-state index contributed by atoms with van der Waals surface area (Å²) in [7, 11) is 3.72. The summed E-state index contributed by atoms with van der Waals surface area (Å²) in [5.74, 6) is 0.404. The summed E-state index contributed by atoms with van der Waals surface area (Å²) in [5.41, 5.74) is 1.98. The molecule has 1 amide bonds. The Morgan fingerprint density at radius 3 is 2.64 bits per heavy atom. The minimum Gasteiger partial charge on any atom is -0.349 e. The van der Waals surface area contributed by atoms with Gasteiger partial charge in [-0.2, -0.15) is 0 Å². The number of carbonyl (C=O) groups is 1. The first-order valence-electron chi connectivity index (χ1n) is 7.04. The van der Waals surface area contributed by atoms with Gasteiger partial charge in [0.05, 0.1) is 17.0 Å². The molecular weight excluding hydrogens is 280 g/mol. The Balaban J connectivity index is 2.02. The quantitative estimate of drug-likeness (QED) is 0.887. The fourth-order valence-corrected chi connectivity index (χ4v) is 1.99. The van der Waals surface area contributed by atoms with Crippen LogP contribution in [0.5, 0.6) is 0 Å². The number of rotatable bonds is 5. The molecule has 1 atom stereocenters. The van der Waals surface area contributed by atoms with Crippen molar-refractivity contribution in [3.63, 3.8) is 0 Å². The molecule has 0 saturated carbocycles. The summed E-state index contributed by atoms with van der Waals surface area (Å²) in [6.45, 7) is 3.73. The van der Waals surface area contributed by atoms with Crippen molar-refractivity contribution in [2.45, 2.75) is 26.3 Å². The maximum atomic E-state index is 12.3. The van der Waals surface area contributed by atoms with Crippen molar-refractivity contribution in [3.05, 3.63) is 41.7 Å². The molecule has 2 heterocycles. The highest BCUT2D eigenvalue weighted by Gasteiger charge is 2.15. The molecule has 0 aromatic carbocycles. The lowest BCUT2D eigenvalue weighted by Gasteiger charge is -2.15. The van der Waals surface area contributed by atoms with Crippen LogP contribution in [0.2, 0.25) is 0 Å². The molecule has 2 aromatic heterocycles. The van der Waals surface area contributed by atoms with Crippen LogP contribution < -0.4 is 10.2 Å². The maximum Gasteiger partial charge on any atom is 0.254 e. The fourth-order valence-electron chi connectivity index (χ4n) is 1.99. The van der Waals surface area contributed by atoms with Gasteiger partial charge in [0.1, 0.15) is 0 Å². The summed E-state index contributed by atoms with van der Waals surface area (Å²) >= 11 is 0. The molecule has 22 heavy (non-hydrogen) atoms. The van der Waals surface area contributed by atoms with Crippen molar-refractivity contribution in [2.75, 3.05) is 19.0 Å². The molecule has 2 rings (SSSR count). The molecule has 116 valence electrons. The van der Waals surface area contributed by atoms with Crippen LogP contribution in [0.4, 0.5) is 5.95 Å². The van der Waals surface area contributed by atoms with Gasteiger partial charge < -0.3 is 10.2 Å². The van der Waals surface area contributed by atoms with Crippen molar-refractivity contribution < 1.29 is 4.79 Å². The summed E-state index contributed by atoms with van der Waals surface area (Å²) in [5, 5.41) is 2.93. The van der Waals surface area contributed by atoms with Gasteiger partial charge in [-0.25, -0.2) is 9.97 Å². The third-order valence-corrected chi connectivity index (χ3v) is 3.12. The molecule has 7 nitrogen and oxygen atoms in total. The molecule has 1 N–H and O–H groups in total. The van der Waals surface area contributed by atoms with E-state index in [0.29, 0.717) is 23.6 Å². The second-order valence-electron chi connectivity index (χ2n) is 5.34. The van der Waals surface area contributed by atoms with Crippen molar-refractivity contribution >= 4 is 11.9 Å². The van der Waals surface area contributed by atoms with Gasteiger partial charge in [0.15, 0.2) is 0 Å². The van der Waals surface area contributed by atoms with Gasteiger partial charge in [-0.15, -0.1) is 0 Å². The number of aryl methyl sites for hydroxylation is 1. The van der Waals surface area contributed by atoms with Crippen molar-refractivity contribution in [3.8, 4) is 0 Å². The third-order valence-electron chi connectivity index (χ3n) is 3.12. The summed E-state index contributed by atoms with van der Waals surface area (Å²) in [6, 6.07) is -0.0582. The van der Waals surface area contributed by atoms with Crippen LogP contribution in [0.1, 0.15) is 28.7 Å². The third kappa shape index (κ3) is 3.97. The number of anilines is 1. The van der Waals surface area contributed by atoms with Crippen LogP contribution >= 0.6 is 0 Å². The average molecular weight is 300 g/mol. The molecule has 0 spiro atoms. The molecule has 0 unspecified atom stereocenters. The normalized spacial score (nSPS) is 11.8. The highest BCUT2D eigenvalue weighted by Crippen LogP contribution is 2.09. The Hall–Kier alpha value is -2.57. The lowest BCUT2D eigenvalue weighted by atomic mass is 10.1. The van der Waals surface area contributed by atoms with Gasteiger partial charge in [0.25, 0.3) is 5.91 Å². The minimum absolute atomic E-state index is 0.0582. The van der Waals surface area contributed by atoms with E-state index in [1.54, 1.807) is 36.6 Å². The summed E-state index contributed by atoms with van der Waals surface area (Å²) in [4.78, 5) is 30.8. The van der Waals surface area contributed by atoms with Crippen molar-refractivity contribution in [1.82, 2.24) is 25.3 Å². The van der Waals surface area contributed by atoms with Gasteiger partial charge in [-0.1, -0.05) is 0 Å². The highest BCUT2D eigenvalue weighted by molar-refractivity contribution is 5.95. The number of nitrogens with one attached hydrogen (secondary N) is 1. The van der Waals surface area contributed by atoms with Crippen LogP contribution in [0.25, 0.3) is 0 Å². The van der Waals surface area contributed by atoms with E-state index in [-0.39, 0.29) is 11.9 Å². The van der Waals surface area contributed by atoms with Gasteiger partial charge in [-0.05, 0) is 13.8 Å². The van der Waals surface area contributed by atoms with E-state index in [2.05, 4.69) is 25.3 Å². The number of aromatic nitrogens is 4. The van der Waals surface area contributed by atoms with Gasteiger partial charge in [0, 0.05) is 51.3 Å². The maximum absolute atomic E-state index is 12.3. The van der Waals surface area contributed by atoms with Crippen LogP contribution in [0, 0.1) is 6.92 Å². The summed E-state index contributed by atoms with van der Waals surface area (Å²) < 4.78 is 0. The van der Waals surface area contributed by atoms with Crippen LogP contribution in [0.15, 0.2) is 24.8 Å². The summed E-state index contributed by atoms with van der Waals surface area (Å²) in [6.07, 6.45) is 7.14. The minimum atomic E-state index is -0.181. The second kappa shape index (κ2) is 6.93. The Bertz CT molecular complexity index is 644. The predicted molar refractivity (Wildman–Crippen MR) is 83.8 cm³/mol. The van der Waals surface area contributed by atoms with Crippen molar-refractivity contribution in [1.29, 1.82) is 0 Å². The van der Waals surface area contributed by atoms with E-state index in [4.69, 9.17) is 0 Å². The van der Waals surface area contributed by atoms with E-state index >= 15 is 0 Å². The molecule has 0 bridgehead atoms. The fraction of sp³-hybridized carbons (Fsp3) is 0.400. The Morgan fingerprint density at radius 1 is 1.27 bits per heavy atom. The average Bonchev–Trinajstić information content (AvgIpc) is 2.47. The zero-order valence-electron chi connectivity index (χ0n) is 13.2. The molecular formula is C15H20N6O. The predicted octanol–water partition coefficient (Wildman–Crippen LogP) is 1.00. The van der Waals surface area contributed by atoms with E-state index in [1.807, 2.05) is 21.0 Å². The molecule has 0 aliphatic heterocycles. The Kier molecular flexibility index (Phi) is 4.98. The highest BCUT2D eigenvalue weighted by atomic mass is 16.1. The molecule has 0 saturated heterocycles. The molecule has 0 aliphatic carbocycles. The first-order chi connectivity index (χ1) is 10.5. The Labute approximate surface area is 129 Å². The standard InChI is InChI=1S/C15H20N6O/c1-10(7-12-8-16-5-6-17-12)19-14(22)13-9-18-15(21(3)4)20-11(13)2/h5-6,8-10H,7H2,1-4H3,(H,19,22)/t10-/m0/s1. The second-order valence-corrected chi connectivity index (χ2v) is 5.34. The lowest BCUT2D eigenvalue weighted by Crippen LogP contribution is -2.35. The van der Waals surface area contributed by atoms with E-state index in [9.17, 15) is 4.79 Å². The molecule has 0 aliphatic rings. The first-order valence-corrected chi connectivity index (χ1v) is 7.04. The van der Waals surface area contributed by atoms with Gasteiger partial charge in [-0.3, -0.25) is 14.8 Å². The lowest BCUT2D eigenvalue weighted by molar-refractivity contribution is 0.0938.